The van der Waals surface area contributed by atoms with Crippen LogP contribution < -0.4 is 0 Å². The molecule has 0 aromatic heterocycles. The lowest BCUT2D eigenvalue weighted by Gasteiger charge is -2.21. The molecule has 0 aromatic rings. The standard InChI is InChI=1S/C11H22N2S6/c1-5-12(6-2)10(14)18-16-9-17-19-11(15)13(7-3)8-4/h5-9H2,1-4H3. The van der Waals surface area contributed by atoms with Crippen LogP contribution in [-0.4, -0.2) is 49.7 Å². The largest absolute Gasteiger partial charge is 0.357 e. The molecule has 0 aliphatic carbocycles. The van der Waals surface area contributed by atoms with Crippen molar-refractivity contribution < 1.29 is 0 Å². The Bertz CT molecular complexity index is 240. The monoisotopic (exact) mass is 374 g/mol. The summed E-state index contributed by atoms with van der Waals surface area (Å²) >= 11 is 10.7. The zero-order chi connectivity index (χ0) is 14.7. The van der Waals surface area contributed by atoms with Gasteiger partial charge in [-0.05, 0) is 49.3 Å². The first-order valence-corrected chi connectivity index (χ1v) is 11.7. The molecule has 0 radical (unpaired) electrons. The summed E-state index contributed by atoms with van der Waals surface area (Å²) in [6.45, 7) is 12.5. The summed E-state index contributed by atoms with van der Waals surface area (Å²) < 4.78 is 1.96. The number of thiocarbonyl (C=S) groups is 2. The molecule has 0 N–H and O–H groups in total. The first-order chi connectivity index (χ1) is 9.10. The van der Waals surface area contributed by atoms with Crippen LogP contribution in [0.4, 0.5) is 0 Å². The number of hydrogen-bond acceptors (Lipinski definition) is 6. The second kappa shape index (κ2) is 12.9. The molecule has 0 aliphatic rings. The molecular weight excluding hydrogens is 353 g/mol. The Balaban J connectivity index is 3.70. The highest BCUT2D eigenvalue weighted by Crippen LogP contribution is 2.34. The Kier molecular flexibility index (Phi) is 13.7. The van der Waals surface area contributed by atoms with Crippen LogP contribution in [-0.2, 0) is 0 Å². The fraction of sp³-hybridized carbons (Fsp3) is 0.818. The predicted molar refractivity (Wildman–Crippen MR) is 106 cm³/mol. The third-order valence-electron chi connectivity index (χ3n) is 2.40. The summed E-state index contributed by atoms with van der Waals surface area (Å²) in [6, 6.07) is 0. The van der Waals surface area contributed by atoms with Crippen molar-refractivity contribution >= 4 is 76.3 Å². The van der Waals surface area contributed by atoms with Gasteiger partial charge in [-0.3, -0.25) is 0 Å². The smallest absolute Gasteiger partial charge is 0.147 e. The minimum absolute atomic E-state index is 0.979. The van der Waals surface area contributed by atoms with Gasteiger partial charge in [-0.1, -0.05) is 46.0 Å². The molecule has 0 rings (SSSR count). The molecule has 0 aliphatic heterocycles. The van der Waals surface area contributed by atoms with Gasteiger partial charge in [0.2, 0.25) is 0 Å². The molecule has 112 valence electrons. The lowest BCUT2D eigenvalue weighted by molar-refractivity contribution is 0.482. The van der Waals surface area contributed by atoms with E-state index < -0.39 is 0 Å². The van der Waals surface area contributed by atoms with Crippen molar-refractivity contribution in [2.75, 3.05) is 31.3 Å². The van der Waals surface area contributed by atoms with Crippen molar-refractivity contribution in [1.29, 1.82) is 0 Å². The highest BCUT2D eigenvalue weighted by atomic mass is 33.1. The van der Waals surface area contributed by atoms with Crippen molar-refractivity contribution in [3.05, 3.63) is 0 Å². The van der Waals surface area contributed by atoms with E-state index in [4.69, 9.17) is 24.4 Å². The summed E-state index contributed by atoms with van der Waals surface area (Å²) in [4.78, 5) is 4.40. The molecule has 0 spiro atoms. The minimum Gasteiger partial charge on any atom is -0.357 e. The van der Waals surface area contributed by atoms with E-state index in [9.17, 15) is 0 Å². The van der Waals surface area contributed by atoms with E-state index in [0.29, 0.717) is 0 Å². The minimum atomic E-state index is 0.979. The van der Waals surface area contributed by atoms with Gasteiger partial charge in [0.1, 0.15) is 8.64 Å². The van der Waals surface area contributed by atoms with Gasteiger partial charge in [0.15, 0.2) is 0 Å². The van der Waals surface area contributed by atoms with E-state index in [1.54, 1.807) is 43.2 Å². The van der Waals surface area contributed by atoms with Gasteiger partial charge < -0.3 is 9.80 Å². The molecule has 0 saturated heterocycles. The molecule has 0 bridgehead atoms. The normalized spacial score (nSPS) is 10.3. The first-order valence-electron chi connectivity index (χ1n) is 6.27. The average molecular weight is 375 g/mol. The van der Waals surface area contributed by atoms with E-state index in [1.807, 2.05) is 0 Å². The van der Waals surface area contributed by atoms with Crippen molar-refractivity contribution in [2.24, 2.45) is 0 Å². The molecule has 8 heteroatoms. The van der Waals surface area contributed by atoms with E-state index >= 15 is 0 Å². The molecule has 0 aromatic carbocycles. The molecule has 0 saturated carbocycles. The zero-order valence-corrected chi connectivity index (χ0v) is 16.8. The number of nitrogens with zero attached hydrogens (tertiary/aromatic N) is 2. The Labute approximate surface area is 144 Å². The molecule has 0 atom stereocenters. The van der Waals surface area contributed by atoms with E-state index in [1.165, 1.54) is 0 Å². The van der Waals surface area contributed by atoms with E-state index in [-0.39, 0.29) is 0 Å². The summed E-state index contributed by atoms with van der Waals surface area (Å²) in [5.74, 6) is 0. The van der Waals surface area contributed by atoms with Crippen LogP contribution in [0.15, 0.2) is 0 Å². The lowest BCUT2D eigenvalue weighted by Crippen LogP contribution is -2.26. The second-order valence-corrected chi connectivity index (χ2v) is 9.62. The molecule has 0 fully saturated rings. The summed E-state index contributed by atoms with van der Waals surface area (Å²) in [5, 5.41) is 0.984. The Morgan fingerprint density at radius 1 is 0.737 bits per heavy atom. The number of rotatable bonds is 8. The maximum Gasteiger partial charge on any atom is 0.147 e. The van der Waals surface area contributed by atoms with Crippen molar-refractivity contribution in [3.8, 4) is 0 Å². The highest BCUT2D eigenvalue weighted by molar-refractivity contribution is 8.91. The van der Waals surface area contributed by atoms with Gasteiger partial charge in [-0.25, -0.2) is 0 Å². The van der Waals surface area contributed by atoms with Gasteiger partial charge in [-0.2, -0.15) is 0 Å². The zero-order valence-electron chi connectivity index (χ0n) is 11.9. The molecule has 0 unspecified atom stereocenters. The third-order valence-corrected chi connectivity index (χ3v) is 9.24. The van der Waals surface area contributed by atoms with Gasteiger partial charge in [0, 0.05) is 26.2 Å². The van der Waals surface area contributed by atoms with Crippen LogP contribution in [0, 0.1) is 0 Å². The van der Waals surface area contributed by atoms with Crippen LogP contribution in [0.3, 0.4) is 0 Å². The highest BCUT2D eigenvalue weighted by Gasteiger charge is 2.08. The van der Waals surface area contributed by atoms with E-state index in [2.05, 4.69) is 37.5 Å². The first kappa shape index (κ1) is 20.2. The average Bonchev–Trinajstić information content (AvgIpc) is 2.41. The van der Waals surface area contributed by atoms with Gasteiger partial charge >= 0.3 is 0 Å². The summed E-state index contributed by atoms with van der Waals surface area (Å²) in [5.41, 5.74) is 0. The summed E-state index contributed by atoms with van der Waals surface area (Å²) in [6.07, 6.45) is 0. The molecule has 0 amide bonds. The topological polar surface area (TPSA) is 6.48 Å². The fourth-order valence-electron chi connectivity index (χ4n) is 1.24. The fourth-order valence-corrected chi connectivity index (χ4v) is 7.61. The van der Waals surface area contributed by atoms with Gasteiger partial charge in [-0.15, -0.1) is 0 Å². The van der Waals surface area contributed by atoms with Crippen molar-refractivity contribution in [3.63, 3.8) is 0 Å². The molecule has 19 heavy (non-hydrogen) atoms. The van der Waals surface area contributed by atoms with Crippen LogP contribution in [0.5, 0.6) is 0 Å². The maximum atomic E-state index is 5.37. The predicted octanol–water partition coefficient (Wildman–Crippen LogP) is 4.96. The van der Waals surface area contributed by atoms with E-state index in [0.717, 1.165) is 39.9 Å². The Hall–Kier alpha value is 1.18. The quantitative estimate of drug-likeness (QED) is 0.251. The number of hydrogen-bond donors (Lipinski definition) is 0. The summed E-state index contributed by atoms with van der Waals surface area (Å²) in [7, 11) is 6.95. The second-order valence-electron chi connectivity index (χ2n) is 3.40. The van der Waals surface area contributed by atoms with Gasteiger partial charge in [0.25, 0.3) is 0 Å². The van der Waals surface area contributed by atoms with Crippen LogP contribution in [0.25, 0.3) is 0 Å². The maximum absolute atomic E-state index is 5.37. The molecule has 2 nitrogen and oxygen atoms in total. The molecular formula is C11H22N2S6. The third kappa shape index (κ3) is 8.93. The van der Waals surface area contributed by atoms with Crippen LogP contribution in [0.2, 0.25) is 0 Å². The van der Waals surface area contributed by atoms with Crippen LogP contribution in [0.1, 0.15) is 27.7 Å². The SMILES string of the molecule is CCN(CC)C(=S)SSCSSC(=S)N(CC)CC. The van der Waals surface area contributed by atoms with Gasteiger partial charge in [0.05, 0.1) is 5.08 Å². The Morgan fingerprint density at radius 3 is 1.32 bits per heavy atom. The lowest BCUT2D eigenvalue weighted by atomic mass is 10.6. The molecule has 0 heterocycles. The Morgan fingerprint density at radius 2 is 1.05 bits per heavy atom. The van der Waals surface area contributed by atoms with Crippen molar-refractivity contribution in [1.82, 2.24) is 9.80 Å². The van der Waals surface area contributed by atoms with Crippen molar-refractivity contribution in [2.45, 2.75) is 27.7 Å². The van der Waals surface area contributed by atoms with Crippen LogP contribution >= 0.6 is 67.6 Å².